The molecule has 2 aliphatic carbocycles. The number of nitrogens with two attached hydrogens (primary N) is 1. The van der Waals surface area contributed by atoms with Gasteiger partial charge in [0.25, 0.3) is 11.8 Å². The number of pyridine rings is 1. The molecule has 0 spiro atoms. The number of amides is 2. The molecule has 1 atom stereocenters. The number of carbonyl (C=O) groups is 2. The maximum Gasteiger partial charge on any atom is 0.423 e. The van der Waals surface area contributed by atoms with Crippen molar-refractivity contribution in [2.75, 3.05) is 11.9 Å². The Morgan fingerprint density at radius 1 is 1.24 bits per heavy atom. The van der Waals surface area contributed by atoms with E-state index in [1.165, 1.54) is 6.07 Å². The zero-order valence-corrected chi connectivity index (χ0v) is 17.9. The first-order valence-electron chi connectivity index (χ1n) is 10.7. The van der Waals surface area contributed by atoms with E-state index in [-0.39, 0.29) is 43.3 Å². The minimum absolute atomic E-state index is 0.00891. The van der Waals surface area contributed by atoms with E-state index in [0.29, 0.717) is 0 Å². The van der Waals surface area contributed by atoms with Gasteiger partial charge < -0.3 is 15.8 Å². The molecule has 2 aromatic rings. The summed E-state index contributed by atoms with van der Waals surface area (Å²) in [5.74, 6) is -6.31. The van der Waals surface area contributed by atoms with Gasteiger partial charge in [0.15, 0.2) is 0 Å². The normalized spacial score (nSPS) is 19.7. The van der Waals surface area contributed by atoms with Gasteiger partial charge in [-0.25, -0.2) is 8.78 Å². The molecule has 34 heavy (non-hydrogen) atoms. The lowest BCUT2D eigenvalue weighted by molar-refractivity contribution is -0.139. The van der Waals surface area contributed by atoms with Crippen LogP contribution in [0.25, 0.3) is 0 Å². The number of carbonyl (C=O) groups excluding carboxylic acids is 2. The van der Waals surface area contributed by atoms with Crippen molar-refractivity contribution < 1.29 is 36.3 Å². The van der Waals surface area contributed by atoms with E-state index in [0.717, 1.165) is 29.8 Å². The van der Waals surface area contributed by atoms with Crippen LogP contribution in [-0.2, 0) is 12.7 Å². The highest BCUT2D eigenvalue weighted by Crippen LogP contribution is 2.43. The summed E-state index contributed by atoms with van der Waals surface area (Å²) in [7, 11) is 0. The van der Waals surface area contributed by atoms with Crippen molar-refractivity contribution in [3.8, 4) is 5.88 Å². The molecular weight excluding hydrogens is 465 g/mol. The average Bonchev–Trinajstić information content (AvgIpc) is 3.40. The van der Waals surface area contributed by atoms with Crippen LogP contribution in [0.15, 0.2) is 18.3 Å². The van der Waals surface area contributed by atoms with Gasteiger partial charge in [0.1, 0.15) is 17.0 Å². The number of nitrogens with zero attached hydrogens (tertiary/aromatic N) is 3. The van der Waals surface area contributed by atoms with Gasteiger partial charge in [0.2, 0.25) is 11.8 Å². The number of ether oxygens (including phenoxy) is 1. The minimum atomic E-state index is -5.00. The van der Waals surface area contributed by atoms with Crippen LogP contribution in [0.5, 0.6) is 5.88 Å². The first-order valence-corrected chi connectivity index (χ1v) is 10.7. The van der Waals surface area contributed by atoms with Gasteiger partial charge in [-0.15, -0.1) is 5.10 Å². The first kappa shape index (κ1) is 23.9. The first-order chi connectivity index (χ1) is 15.9. The molecule has 3 N–H and O–H groups in total. The Morgan fingerprint density at radius 2 is 1.97 bits per heavy atom. The molecule has 13 heteroatoms. The molecule has 2 saturated carbocycles. The Morgan fingerprint density at radius 3 is 2.56 bits per heavy atom. The molecule has 2 amide bonds. The summed E-state index contributed by atoms with van der Waals surface area (Å²) in [6.07, 6.45) is -3.03. The predicted octanol–water partition coefficient (Wildman–Crippen LogP) is 3.87. The molecule has 0 aliphatic heterocycles. The highest BCUT2D eigenvalue weighted by molar-refractivity contribution is 6.05. The number of nitrogens with one attached hydrogen (secondary N) is 1. The Kier molecular flexibility index (Phi) is 6.21. The number of hydrogen-bond acceptors (Lipinski definition) is 5. The number of aromatic nitrogens is 3. The molecule has 0 radical (unpaired) electrons. The van der Waals surface area contributed by atoms with E-state index < -0.39 is 53.4 Å². The molecule has 0 aromatic carbocycles. The summed E-state index contributed by atoms with van der Waals surface area (Å²) in [5.41, 5.74) is 2.69. The van der Waals surface area contributed by atoms with Gasteiger partial charge >= 0.3 is 6.18 Å². The van der Waals surface area contributed by atoms with E-state index >= 15 is 0 Å². The lowest BCUT2D eigenvalue weighted by Gasteiger charge is -2.15. The maximum atomic E-state index is 14.1. The third-order valence-corrected chi connectivity index (χ3v) is 5.78. The average molecular weight is 487 g/mol. The molecule has 2 heterocycles. The number of hydrogen-bond donors (Lipinski definition) is 2. The van der Waals surface area contributed by atoms with Gasteiger partial charge in [0.05, 0.1) is 6.61 Å². The van der Waals surface area contributed by atoms with Crippen LogP contribution in [0.2, 0.25) is 0 Å². The van der Waals surface area contributed by atoms with Crippen molar-refractivity contribution in [1.29, 1.82) is 0 Å². The molecular formula is C21H22F5N5O3. The summed E-state index contributed by atoms with van der Waals surface area (Å²) >= 11 is 0. The van der Waals surface area contributed by atoms with Crippen LogP contribution >= 0.6 is 0 Å². The predicted molar refractivity (Wildman–Crippen MR) is 108 cm³/mol. The number of halogens is 5. The SMILES string of the molecule is NC(=O)c1cc(NC(=O)c2c(C(F)(F)F)c(OCC3CC3)nn2CC2CCC(F)(F)C2)ccn1. The van der Waals surface area contributed by atoms with Gasteiger partial charge in [-0.05, 0) is 43.2 Å². The van der Waals surface area contributed by atoms with Crippen LogP contribution in [0.3, 0.4) is 0 Å². The standard InChI is InChI=1S/C21H22F5N5O3/c22-20(23)5-3-12(8-20)9-31-16(18(33)29-13-4-6-28-14(7-13)17(27)32)15(21(24,25)26)19(30-31)34-10-11-1-2-11/h4,6-7,11-12H,1-3,5,8-10H2,(H2,27,32)(H,28,29,33). The van der Waals surface area contributed by atoms with E-state index in [1.807, 2.05) is 0 Å². The van der Waals surface area contributed by atoms with Crippen molar-refractivity contribution in [2.24, 2.45) is 17.6 Å². The Bertz CT molecular complexity index is 1100. The van der Waals surface area contributed by atoms with Crippen LogP contribution in [-0.4, -0.2) is 39.1 Å². The Labute approximate surface area is 190 Å². The van der Waals surface area contributed by atoms with Gasteiger partial charge in [-0.3, -0.25) is 19.3 Å². The van der Waals surface area contributed by atoms with E-state index in [2.05, 4.69) is 15.4 Å². The Balaban J connectivity index is 1.70. The fraction of sp³-hybridized carbons (Fsp3) is 0.524. The Hall–Kier alpha value is -3.25. The molecule has 2 aliphatic rings. The van der Waals surface area contributed by atoms with Gasteiger partial charge in [-0.1, -0.05) is 0 Å². The zero-order chi connectivity index (χ0) is 24.7. The van der Waals surface area contributed by atoms with E-state index in [1.54, 1.807) is 0 Å². The largest absolute Gasteiger partial charge is 0.476 e. The highest BCUT2D eigenvalue weighted by atomic mass is 19.4. The quantitative estimate of drug-likeness (QED) is 0.549. The molecule has 0 saturated heterocycles. The van der Waals surface area contributed by atoms with Crippen molar-refractivity contribution in [3.05, 3.63) is 35.3 Å². The van der Waals surface area contributed by atoms with Crippen LogP contribution in [0.4, 0.5) is 27.6 Å². The second kappa shape index (κ2) is 8.84. The fourth-order valence-corrected chi connectivity index (χ4v) is 3.92. The molecule has 184 valence electrons. The number of alkyl halides is 5. The van der Waals surface area contributed by atoms with Crippen LogP contribution in [0.1, 0.15) is 58.6 Å². The minimum Gasteiger partial charge on any atom is -0.476 e. The maximum absolute atomic E-state index is 14.1. The summed E-state index contributed by atoms with van der Waals surface area (Å²) in [5, 5.41) is 6.17. The lowest BCUT2D eigenvalue weighted by atomic mass is 10.1. The summed E-state index contributed by atoms with van der Waals surface area (Å²) in [6.45, 7) is -0.300. The van der Waals surface area contributed by atoms with Crippen LogP contribution < -0.4 is 15.8 Å². The molecule has 1 unspecified atom stereocenters. The molecule has 2 aromatic heterocycles. The molecule has 2 fully saturated rings. The summed E-state index contributed by atoms with van der Waals surface area (Å²) < 4.78 is 75.7. The number of rotatable bonds is 8. The fourth-order valence-electron chi connectivity index (χ4n) is 3.92. The summed E-state index contributed by atoms with van der Waals surface area (Å²) in [4.78, 5) is 28.1. The second-order valence-corrected chi connectivity index (χ2v) is 8.68. The second-order valence-electron chi connectivity index (χ2n) is 8.68. The van der Waals surface area contributed by atoms with Crippen molar-refractivity contribution >= 4 is 17.5 Å². The third kappa shape index (κ3) is 5.45. The van der Waals surface area contributed by atoms with Gasteiger partial charge in [0, 0.05) is 31.3 Å². The smallest absolute Gasteiger partial charge is 0.423 e. The molecule has 0 bridgehead atoms. The van der Waals surface area contributed by atoms with Crippen LogP contribution in [0, 0.1) is 11.8 Å². The van der Waals surface area contributed by atoms with Crippen molar-refractivity contribution in [1.82, 2.24) is 14.8 Å². The molecule has 4 rings (SSSR count). The highest BCUT2D eigenvalue weighted by Gasteiger charge is 2.45. The number of primary amides is 1. The summed E-state index contributed by atoms with van der Waals surface area (Å²) in [6, 6.07) is 2.37. The monoisotopic (exact) mass is 487 g/mol. The topological polar surface area (TPSA) is 112 Å². The number of anilines is 1. The third-order valence-electron chi connectivity index (χ3n) is 5.78. The van der Waals surface area contributed by atoms with Gasteiger partial charge in [-0.2, -0.15) is 13.2 Å². The molecule has 8 nitrogen and oxygen atoms in total. The zero-order valence-electron chi connectivity index (χ0n) is 17.9. The van der Waals surface area contributed by atoms with Crippen molar-refractivity contribution in [2.45, 2.75) is 50.7 Å². The van der Waals surface area contributed by atoms with E-state index in [9.17, 15) is 31.5 Å². The van der Waals surface area contributed by atoms with E-state index in [4.69, 9.17) is 10.5 Å². The lowest BCUT2D eigenvalue weighted by Crippen LogP contribution is -2.24. The van der Waals surface area contributed by atoms with Crippen molar-refractivity contribution in [3.63, 3.8) is 0 Å².